The van der Waals surface area contributed by atoms with E-state index < -0.39 is 0 Å². The minimum Gasteiger partial charge on any atom is -0.497 e. The summed E-state index contributed by atoms with van der Waals surface area (Å²) < 4.78 is 10.4. The molecule has 1 saturated heterocycles. The van der Waals surface area contributed by atoms with Crippen LogP contribution in [-0.2, 0) is 4.79 Å². The lowest BCUT2D eigenvalue weighted by Crippen LogP contribution is -2.40. The monoisotopic (exact) mass is 314 g/mol. The number of rotatable bonds is 4. The summed E-state index contributed by atoms with van der Waals surface area (Å²) in [6.07, 6.45) is 1.74. The van der Waals surface area contributed by atoms with Gasteiger partial charge in [-0.25, -0.2) is 0 Å². The molecular weight excluding hydrogens is 292 g/mol. The summed E-state index contributed by atoms with van der Waals surface area (Å²) in [5, 5.41) is 6.30. The standard InChI is InChI=1S/C15H22N2O3.ClH/c1-10-8-11(6-7-16-10)15(18)17-13-5-4-12(19-2)9-14(13)20-3;/h4-5,9-11,16H,6-8H2,1-3H3,(H,17,18);1H/t10-,11-;/m0./s1. The van der Waals surface area contributed by atoms with E-state index in [0.29, 0.717) is 23.2 Å². The van der Waals surface area contributed by atoms with E-state index in [4.69, 9.17) is 9.47 Å². The Labute approximate surface area is 131 Å². The Bertz CT molecular complexity index is 482. The zero-order valence-corrected chi connectivity index (χ0v) is 13.5. The van der Waals surface area contributed by atoms with Crippen LogP contribution < -0.4 is 20.1 Å². The second-order valence-corrected chi connectivity index (χ2v) is 5.13. The lowest BCUT2D eigenvalue weighted by atomic mass is 9.92. The molecule has 1 amide bonds. The Hall–Kier alpha value is -1.46. The van der Waals surface area contributed by atoms with Gasteiger partial charge in [-0.05, 0) is 38.4 Å². The van der Waals surface area contributed by atoms with Gasteiger partial charge in [-0.2, -0.15) is 0 Å². The zero-order chi connectivity index (χ0) is 14.5. The normalized spacial score (nSPS) is 21.1. The quantitative estimate of drug-likeness (QED) is 0.896. The highest BCUT2D eigenvalue weighted by Gasteiger charge is 2.25. The van der Waals surface area contributed by atoms with E-state index in [2.05, 4.69) is 17.6 Å². The maximum absolute atomic E-state index is 12.3. The molecule has 1 aliphatic rings. The number of ether oxygens (including phenoxy) is 2. The predicted octanol–water partition coefficient (Wildman–Crippen LogP) is 2.45. The minimum atomic E-state index is 0. The summed E-state index contributed by atoms with van der Waals surface area (Å²) in [6, 6.07) is 5.77. The predicted molar refractivity (Wildman–Crippen MR) is 85.6 cm³/mol. The van der Waals surface area contributed by atoms with E-state index in [9.17, 15) is 4.79 Å². The number of hydrogen-bond acceptors (Lipinski definition) is 4. The van der Waals surface area contributed by atoms with Gasteiger partial charge in [0, 0.05) is 18.0 Å². The van der Waals surface area contributed by atoms with Crippen molar-refractivity contribution in [1.29, 1.82) is 0 Å². The first-order valence-corrected chi connectivity index (χ1v) is 6.90. The van der Waals surface area contributed by atoms with Gasteiger partial charge in [-0.3, -0.25) is 4.79 Å². The molecule has 0 aromatic heterocycles. The molecular formula is C15H23ClN2O3. The number of benzene rings is 1. The third kappa shape index (κ3) is 4.51. The molecule has 5 nitrogen and oxygen atoms in total. The highest BCUT2D eigenvalue weighted by Crippen LogP contribution is 2.30. The molecule has 1 aromatic rings. The average molecular weight is 315 g/mol. The van der Waals surface area contributed by atoms with E-state index in [1.54, 1.807) is 26.4 Å². The summed E-state index contributed by atoms with van der Waals surface area (Å²) in [5.74, 6) is 1.43. The second-order valence-electron chi connectivity index (χ2n) is 5.13. The van der Waals surface area contributed by atoms with Crippen LogP contribution in [0.2, 0.25) is 0 Å². The van der Waals surface area contributed by atoms with Crippen LogP contribution in [0.4, 0.5) is 5.69 Å². The van der Waals surface area contributed by atoms with Gasteiger partial charge in [0.15, 0.2) is 0 Å². The summed E-state index contributed by atoms with van der Waals surface area (Å²) in [6.45, 7) is 2.99. The van der Waals surface area contributed by atoms with Crippen LogP contribution in [-0.4, -0.2) is 32.7 Å². The fraction of sp³-hybridized carbons (Fsp3) is 0.533. The number of amides is 1. The van der Waals surface area contributed by atoms with E-state index in [0.717, 1.165) is 19.4 Å². The number of nitrogens with one attached hydrogen (secondary N) is 2. The minimum absolute atomic E-state index is 0. The fourth-order valence-electron chi connectivity index (χ4n) is 2.51. The highest BCUT2D eigenvalue weighted by atomic mass is 35.5. The van der Waals surface area contributed by atoms with Crippen LogP contribution in [0.25, 0.3) is 0 Å². The van der Waals surface area contributed by atoms with E-state index >= 15 is 0 Å². The summed E-state index contributed by atoms with van der Waals surface area (Å²) in [5.41, 5.74) is 0.685. The topological polar surface area (TPSA) is 59.6 Å². The van der Waals surface area contributed by atoms with Crippen molar-refractivity contribution in [1.82, 2.24) is 5.32 Å². The van der Waals surface area contributed by atoms with Gasteiger partial charge >= 0.3 is 0 Å². The molecule has 0 radical (unpaired) electrons. The zero-order valence-electron chi connectivity index (χ0n) is 12.6. The van der Waals surface area contributed by atoms with E-state index in [-0.39, 0.29) is 24.2 Å². The van der Waals surface area contributed by atoms with Gasteiger partial charge in [-0.15, -0.1) is 12.4 Å². The van der Waals surface area contributed by atoms with E-state index in [1.165, 1.54) is 0 Å². The average Bonchev–Trinajstić information content (AvgIpc) is 2.47. The second kappa shape index (κ2) is 8.10. The first-order valence-electron chi connectivity index (χ1n) is 6.90. The van der Waals surface area contributed by atoms with Crippen molar-refractivity contribution < 1.29 is 14.3 Å². The van der Waals surface area contributed by atoms with E-state index in [1.807, 2.05) is 6.07 Å². The molecule has 0 saturated carbocycles. The fourth-order valence-corrected chi connectivity index (χ4v) is 2.51. The maximum Gasteiger partial charge on any atom is 0.227 e. The number of hydrogen-bond donors (Lipinski definition) is 2. The SMILES string of the molecule is COc1ccc(NC(=O)[C@H]2CCN[C@@H](C)C2)c(OC)c1.Cl. The van der Waals surface area contributed by atoms with Gasteiger partial charge in [0.25, 0.3) is 0 Å². The molecule has 2 atom stereocenters. The highest BCUT2D eigenvalue weighted by molar-refractivity contribution is 5.94. The van der Waals surface area contributed by atoms with Crippen LogP contribution in [0.1, 0.15) is 19.8 Å². The van der Waals surface area contributed by atoms with Crippen LogP contribution in [0.15, 0.2) is 18.2 Å². The summed E-state index contributed by atoms with van der Waals surface area (Å²) >= 11 is 0. The number of methoxy groups -OCH3 is 2. The molecule has 1 fully saturated rings. The molecule has 6 heteroatoms. The number of piperidine rings is 1. The van der Waals surface area contributed by atoms with Crippen molar-refractivity contribution >= 4 is 24.0 Å². The van der Waals surface area contributed by atoms with Crippen molar-refractivity contribution in [2.45, 2.75) is 25.8 Å². The Morgan fingerprint density at radius 3 is 2.71 bits per heavy atom. The van der Waals surface area contributed by atoms with Gasteiger partial charge in [0.2, 0.25) is 5.91 Å². The largest absolute Gasteiger partial charge is 0.497 e. The molecule has 0 unspecified atom stereocenters. The number of anilines is 1. The molecule has 0 aliphatic carbocycles. The number of carbonyl (C=O) groups excluding carboxylic acids is 1. The van der Waals surface area contributed by atoms with Gasteiger partial charge in [0.1, 0.15) is 11.5 Å². The van der Waals surface area contributed by atoms with Crippen LogP contribution in [0.5, 0.6) is 11.5 Å². The molecule has 0 spiro atoms. The van der Waals surface area contributed by atoms with Crippen LogP contribution in [0.3, 0.4) is 0 Å². The van der Waals surface area contributed by atoms with Crippen LogP contribution >= 0.6 is 12.4 Å². The van der Waals surface area contributed by atoms with Gasteiger partial charge in [-0.1, -0.05) is 0 Å². The van der Waals surface area contributed by atoms with Gasteiger partial charge < -0.3 is 20.1 Å². The maximum atomic E-state index is 12.3. The Morgan fingerprint density at radius 1 is 1.33 bits per heavy atom. The summed E-state index contributed by atoms with van der Waals surface area (Å²) in [7, 11) is 3.18. The number of carbonyl (C=O) groups is 1. The van der Waals surface area contributed by atoms with Crippen molar-refractivity contribution in [2.24, 2.45) is 5.92 Å². The first kappa shape index (κ1) is 17.6. The molecule has 1 aliphatic heterocycles. The Balaban J connectivity index is 0.00000220. The Morgan fingerprint density at radius 2 is 2.10 bits per heavy atom. The summed E-state index contributed by atoms with van der Waals surface area (Å²) in [4.78, 5) is 12.3. The number of halogens is 1. The smallest absolute Gasteiger partial charge is 0.227 e. The van der Waals surface area contributed by atoms with Crippen molar-refractivity contribution in [3.63, 3.8) is 0 Å². The molecule has 21 heavy (non-hydrogen) atoms. The van der Waals surface area contributed by atoms with Crippen molar-refractivity contribution in [2.75, 3.05) is 26.1 Å². The molecule has 0 bridgehead atoms. The van der Waals surface area contributed by atoms with Crippen molar-refractivity contribution in [3.8, 4) is 11.5 Å². The molecule has 118 valence electrons. The first-order chi connectivity index (χ1) is 9.63. The molecule has 1 aromatic carbocycles. The molecule has 1 heterocycles. The molecule has 2 N–H and O–H groups in total. The lowest BCUT2D eigenvalue weighted by Gasteiger charge is -2.27. The lowest BCUT2D eigenvalue weighted by molar-refractivity contribution is -0.120. The van der Waals surface area contributed by atoms with Crippen molar-refractivity contribution in [3.05, 3.63) is 18.2 Å². The van der Waals surface area contributed by atoms with Gasteiger partial charge in [0.05, 0.1) is 19.9 Å². The molecule has 2 rings (SSSR count). The third-order valence-corrected chi connectivity index (χ3v) is 3.66. The third-order valence-electron chi connectivity index (χ3n) is 3.66. The Kier molecular flexibility index (Phi) is 6.78. The van der Waals surface area contributed by atoms with Crippen LogP contribution in [0, 0.1) is 5.92 Å².